The van der Waals surface area contributed by atoms with Crippen LogP contribution in [-0.2, 0) is 16.1 Å². The summed E-state index contributed by atoms with van der Waals surface area (Å²) in [7, 11) is 1.37. The van der Waals surface area contributed by atoms with E-state index in [-0.39, 0.29) is 0 Å². The van der Waals surface area contributed by atoms with E-state index in [1.165, 1.54) is 7.11 Å². The van der Waals surface area contributed by atoms with Crippen LogP contribution in [0.1, 0.15) is 24.1 Å². The van der Waals surface area contributed by atoms with E-state index in [9.17, 15) is 4.79 Å². The third-order valence-electron chi connectivity index (χ3n) is 4.14. The fourth-order valence-electron chi connectivity index (χ4n) is 2.89. The molecule has 1 aliphatic heterocycles. The van der Waals surface area contributed by atoms with Gasteiger partial charge in [0.2, 0.25) is 0 Å². The van der Waals surface area contributed by atoms with Crippen LogP contribution in [-0.4, -0.2) is 18.2 Å². The Bertz CT molecular complexity index is 849. The molecule has 1 aliphatic rings. The van der Waals surface area contributed by atoms with Gasteiger partial charge < -0.3 is 20.1 Å². The third-order valence-corrected chi connectivity index (χ3v) is 4.36. The van der Waals surface area contributed by atoms with Gasteiger partial charge in [-0.05, 0) is 30.8 Å². The van der Waals surface area contributed by atoms with Crippen LogP contribution in [0.5, 0.6) is 5.75 Å². The molecule has 0 amide bonds. The van der Waals surface area contributed by atoms with Gasteiger partial charge in [0.1, 0.15) is 12.4 Å². The summed E-state index contributed by atoms with van der Waals surface area (Å²) in [6.45, 7) is 2.24. The largest absolute Gasteiger partial charge is 0.489 e. The van der Waals surface area contributed by atoms with Gasteiger partial charge in [0.05, 0.1) is 18.7 Å². The predicted octanol–water partition coefficient (Wildman–Crippen LogP) is 3.23. The number of methoxy groups -OCH3 is 1. The van der Waals surface area contributed by atoms with Crippen molar-refractivity contribution in [3.8, 4) is 5.75 Å². The Labute approximate surface area is 158 Å². The minimum atomic E-state index is -0.442. The molecule has 1 unspecified atom stereocenters. The molecule has 0 aromatic heterocycles. The number of ether oxygens (including phenoxy) is 2. The Morgan fingerprint density at radius 1 is 1.12 bits per heavy atom. The van der Waals surface area contributed by atoms with Gasteiger partial charge in [0, 0.05) is 11.3 Å². The molecule has 0 saturated heterocycles. The highest BCUT2D eigenvalue weighted by Crippen LogP contribution is 2.33. The van der Waals surface area contributed by atoms with E-state index in [0.29, 0.717) is 28.7 Å². The second kappa shape index (κ2) is 8.01. The van der Waals surface area contributed by atoms with Crippen molar-refractivity contribution in [3.63, 3.8) is 0 Å². The van der Waals surface area contributed by atoms with Gasteiger partial charge in [-0.2, -0.15) is 0 Å². The minimum Gasteiger partial charge on any atom is -0.489 e. The van der Waals surface area contributed by atoms with Crippen LogP contribution in [0, 0.1) is 0 Å². The van der Waals surface area contributed by atoms with Crippen molar-refractivity contribution < 1.29 is 14.3 Å². The highest BCUT2D eigenvalue weighted by atomic mass is 32.1. The van der Waals surface area contributed by atoms with Crippen LogP contribution in [0.4, 0.5) is 0 Å². The van der Waals surface area contributed by atoms with Gasteiger partial charge in [0.25, 0.3) is 0 Å². The Hall–Kier alpha value is -2.86. The molecule has 2 aromatic rings. The quantitative estimate of drug-likeness (QED) is 0.624. The van der Waals surface area contributed by atoms with Gasteiger partial charge >= 0.3 is 5.97 Å². The molecule has 2 N–H and O–H groups in total. The molecular weight excluding hydrogens is 348 g/mol. The molecule has 0 aliphatic carbocycles. The summed E-state index contributed by atoms with van der Waals surface area (Å²) in [5, 5.41) is 6.58. The number of rotatable bonds is 5. The monoisotopic (exact) mass is 368 g/mol. The van der Waals surface area contributed by atoms with Crippen LogP contribution in [0.3, 0.4) is 0 Å². The summed E-state index contributed by atoms with van der Waals surface area (Å²) in [5.41, 5.74) is 3.04. The summed E-state index contributed by atoms with van der Waals surface area (Å²) in [6.07, 6.45) is 0. The van der Waals surface area contributed by atoms with E-state index in [0.717, 1.165) is 11.1 Å². The maximum atomic E-state index is 12.3. The second-order valence-corrected chi connectivity index (χ2v) is 6.28. The molecule has 6 heteroatoms. The summed E-state index contributed by atoms with van der Waals surface area (Å²) < 4.78 is 11.0. The number of hydrogen-bond donors (Lipinski definition) is 2. The molecular formula is C20H20N2O3S. The number of carbonyl (C=O) groups excluding carboxylic acids is 1. The first-order valence-electron chi connectivity index (χ1n) is 8.22. The summed E-state index contributed by atoms with van der Waals surface area (Å²) in [4.78, 5) is 12.3. The Morgan fingerprint density at radius 3 is 2.54 bits per heavy atom. The number of benzene rings is 2. The molecule has 1 heterocycles. The topological polar surface area (TPSA) is 59.6 Å². The van der Waals surface area contributed by atoms with Gasteiger partial charge in [-0.25, -0.2) is 4.79 Å². The van der Waals surface area contributed by atoms with Gasteiger partial charge in [-0.15, -0.1) is 0 Å². The van der Waals surface area contributed by atoms with Crippen molar-refractivity contribution in [2.45, 2.75) is 19.6 Å². The maximum absolute atomic E-state index is 12.3. The highest BCUT2D eigenvalue weighted by Gasteiger charge is 2.32. The Kier molecular flexibility index (Phi) is 5.53. The van der Waals surface area contributed by atoms with E-state index in [4.69, 9.17) is 21.7 Å². The van der Waals surface area contributed by atoms with Crippen LogP contribution in [0.15, 0.2) is 65.9 Å². The molecule has 0 spiro atoms. The predicted molar refractivity (Wildman–Crippen MR) is 104 cm³/mol. The van der Waals surface area contributed by atoms with Crippen molar-refractivity contribution in [1.82, 2.24) is 10.6 Å². The zero-order valence-electron chi connectivity index (χ0n) is 14.6. The lowest BCUT2D eigenvalue weighted by Crippen LogP contribution is -2.45. The first-order valence-corrected chi connectivity index (χ1v) is 8.63. The molecule has 26 heavy (non-hydrogen) atoms. The molecule has 0 bridgehead atoms. The van der Waals surface area contributed by atoms with Crippen molar-refractivity contribution in [3.05, 3.63) is 77.0 Å². The van der Waals surface area contributed by atoms with E-state index in [1.807, 2.05) is 54.6 Å². The Balaban J connectivity index is 1.93. The summed E-state index contributed by atoms with van der Waals surface area (Å²) >= 11 is 5.27. The third kappa shape index (κ3) is 3.86. The van der Waals surface area contributed by atoms with Crippen molar-refractivity contribution in [2.75, 3.05) is 7.11 Å². The molecule has 2 aromatic carbocycles. The van der Waals surface area contributed by atoms with Gasteiger partial charge in [-0.3, -0.25) is 0 Å². The van der Waals surface area contributed by atoms with Crippen molar-refractivity contribution >= 4 is 23.3 Å². The number of esters is 1. The Morgan fingerprint density at radius 2 is 1.81 bits per heavy atom. The van der Waals surface area contributed by atoms with Crippen LogP contribution in [0.2, 0.25) is 0 Å². The summed E-state index contributed by atoms with van der Waals surface area (Å²) in [5.74, 6) is 0.278. The fourth-order valence-corrected chi connectivity index (χ4v) is 3.16. The molecule has 1 atom stereocenters. The van der Waals surface area contributed by atoms with E-state index < -0.39 is 12.0 Å². The molecule has 0 saturated carbocycles. The molecule has 134 valence electrons. The number of hydrogen-bond acceptors (Lipinski definition) is 4. The van der Waals surface area contributed by atoms with Crippen molar-refractivity contribution in [2.24, 2.45) is 0 Å². The van der Waals surface area contributed by atoms with Crippen LogP contribution in [0.25, 0.3) is 0 Å². The van der Waals surface area contributed by atoms with E-state index in [2.05, 4.69) is 10.6 Å². The van der Waals surface area contributed by atoms with Crippen molar-refractivity contribution in [1.29, 1.82) is 0 Å². The molecule has 3 rings (SSSR count). The van der Waals surface area contributed by atoms with Crippen LogP contribution >= 0.6 is 12.2 Å². The van der Waals surface area contributed by atoms with Gasteiger partial charge in [-0.1, -0.05) is 48.5 Å². The number of allylic oxidation sites excluding steroid dienone is 1. The number of thiocarbonyl (C=S) groups is 1. The lowest BCUT2D eigenvalue weighted by Gasteiger charge is -2.30. The zero-order valence-corrected chi connectivity index (χ0v) is 15.4. The number of carbonyl (C=O) groups is 1. The highest BCUT2D eigenvalue weighted by molar-refractivity contribution is 7.80. The fraction of sp³-hybridized carbons (Fsp3) is 0.200. The average molecular weight is 368 g/mol. The van der Waals surface area contributed by atoms with Gasteiger partial charge in [0.15, 0.2) is 5.11 Å². The molecule has 0 fully saturated rings. The lowest BCUT2D eigenvalue weighted by atomic mass is 9.95. The molecule has 5 nitrogen and oxygen atoms in total. The second-order valence-electron chi connectivity index (χ2n) is 5.87. The number of para-hydroxylation sites is 1. The smallest absolute Gasteiger partial charge is 0.337 e. The SMILES string of the molecule is COC(=O)C1=C(C)NC(=S)NC1c1ccccc1OCc1ccccc1. The first-order chi connectivity index (χ1) is 12.6. The minimum absolute atomic E-state index is 0.409. The van der Waals surface area contributed by atoms with E-state index in [1.54, 1.807) is 6.92 Å². The zero-order chi connectivity index (χ0) is 18.5. The standard InChI is InChI=1S/C20H20N2O3S/c1-13-17(19(23)24-2)18(22-20(26)21-13)15-10-6-7-11-16(15)25-12-14-8-4-3-5-9-14/h3-11,18H,12H2,1-2H3,(H2,21,22,26). The average Bonchev–Trinajstić information content (AvgIpc) is 2.66. The normalized spacial score (nSPS) is 16.5. The first kappa shape index (κ1) is 17.9. The maximum Gasteiger partial charge on any atom is 0.337 e. The van der Waals surface area contributed by atoms with Crippen LogP contribution < -0.4 is 15.4 Å². The summed E-state index contributed by atoms with van der Waals surface area (Å²) in [6, 6.07) is 17.1. The van der Waals surface area contributed by atoms with E-state index >= 15 is 0 Å². The lowest BCUT2D eigenvalue weighted by molar-refractivity contribution is -0.136. The molecule has 0 radical (unpaired) electrons. The number of nitrogens with one attached hydrogen (secondary N) is 2.